The van der Waals surface area contributed by atoms with Crippen LogP contribution in [0.5, 0.6) is 5.75 Å². The Hall–Kier alpha value is -3.28. The fraction of sp³-hybridized carbons (Fsp3) is 0.273. The number of anilines is 1. The molecule has 0 unspecified atom stereocenters. The van der Waals surface area contributed by atoms with Gasteiger partial charge in [0.25, 0.3) is 0 Å². The van der Waals surface area contributed by atoms with Gasteiger partial charge in [-0.3, -0.25) is 4.57 Å². The molecule has 0 radical (unpaired) electrons. The number of imidazole rings is 1. The number of benzene rings is 2. The molecule has 1 atom stereocenters. The second-order valence-electron chi connectivity index (χ2n) is 6.59. The molecule has 2 heterocycles. The van der Waals surface area contributed by atoms with Crippen LogP contribution >= 0.6 is 0 Å². The molecule has 1 aliphatic heterocycles. The van der Waals surface area contributed by atoms with Crippen LogP contribution in [0.2, 0.25) is 0 Å². The lowest BCUT2D eigenvalue weighted by Gasteiger charge is -2.30. The van der Waals surface area contributed by atoms with Crippen LogP contribution in [0.25, 0.3) is 11.0 Å². The summed E-state index contributed by atoms with van der Waals surface area (Å²) in [5.74, 6) is 1.15. The van der Waals surface area contributed by atoms with Gasteiger partial charge in [-0.05, 0) is 50.6 Å². The molecule has 1 N–H and O–H groups in total. The fourth-order valence-corrected chi connectivity index (χ4v) is 3.69. The molecule has 1 aliphatic rings. The summed E-state index contributed by atoms with van der Waals surface area (Å²) in [6.07, 6.45) is 0. The zero-order valence-corrected chi connectivity index (χ0v) is 16.2. The van der Waals surface area contributed by atoms with Gasteiger partial charge in [0.2, 0.25) is 5.95 Å². The summed E-state index contributed by atoms with van der Waals surface area (Å²) in [7, 11) is 0. The van der Waals surface area contributed by atoms with Crippen molar-refractivity contribution in [2.45, 2.75) is 26.8 Å². The minimum absolute atomic E-state index is 0.318. The predicted molar refractivity (Wildman–Crippen MR) is 108 cm³/mol. The Balaban J connectivity index is 1.95. The van der Waals surface area contributed by atoms with Gasteiger partial charge in [0.1, 0.15) is 5.75 Å². The van der Waals surface area contributed by atoms with Crippen LogP contribution in [0.15, 0.2) is 59.8 Å². The first-order chi connectivity index (χ1) is 13.6. The Kier molecular flexibility index (Phi) is 4.77. The normalized spacial score (nSPS) is 15.9. The number of ether oxygens (including phenoxy) is 2. The number of carbonyl (C=O) groups is 1. The monoisotopic (exact) mass is 377 g/mol. The number of nitrogens with zero attached hydrogens (tertiary/aromatic N) is 2. The number of allylic oxidation sites excluding steroid dienone is 1. The average Bonchev–Trinajstić information content (AvgIpc) is 3.05. The number of hydrogen-bond acceptors (Lipinski definition) is 5. The molecule has 0 amide bonds. The van der Waals surface area contributed by atoms with Gasteiger partial charge in [-0.25, -0.2) is 9.78 Å². The molecular formula is C22H23N3O3. The number of carbonyl (C=O) groups excluding carboxylic acids is 1. The van der Waals surface area contributed by atoms with Gasteiger partial charge in [0.15, 0.2) is 0 Å². The summed E-state index contributed by atoms with van der Waals surface area (Å²) < 4.78 is 13.1. The Morgan fingerprint density at radius 3 is 2.75 bits per heavy atom. The molecule has 28 heavy (non-hydrogen) atoms. The first-order valence-corrected chi connectivity index (χ1v) is 9.48. The van der Waals surface area contributed by atoms with E-state index in [1.54, 1.807) is 0 Å². The second-order valence-corrected chi connectivity index (χ2v) is 6.59. The van der Waals surface area contributed by atoms with Crippen LogP contribution in [0.4, 0.5) is 5.95 Å². The van der Waals surface area contributed by atoms with Crippen molar-refractivity contribution in [1.82, 2.24) is 9.55 Å². The van der Waals surface area contributed by atoms with Crippen molar-refractivity contribution < 1.29 is 14.3 Å². The van der Waals surface area contributed by atoms with Crippen LogP contribution in [0, 0.1) is 0 Å². The fourth-order valence-electron chi connectivity index (χ4n) is 3.69. The summed E-state index contributed by atoms with van der Waals surface area (Å²) in [5, 5.41) is 3.28. The molecule has 0 saturated heterocycles. The topological polar surface area (TPSA) is 65.4 Å². The highest BCUT2D eigenvalue weighted by molar-refractivity contribution is 5.94. The van der Waals surface area contributed by atoms with E-state index in [1.807, 2.05) is 69.3 Å². The molecular weight excluding hydrogens is 354 g/mol. The minimum Gasteiger partial charge on any atom is -0.494 e. The molecule has 4 rings (SSSR count). The van der Waals surface area contributed by atoms with E-state index in [0.717, 1.165) is 28.0 Å². The van der Waals surface area contributed by atoms with E-state index in [2.05, 4.69) is 9.88 Å². The number of aromatic nitrogens is 2. The Morgan fingerprint density at radius 1 is 1.14 bits per heavy atom. The quantitative estimate of drug-likeness (QED) is 0.672. The van der Waals surface area contributed by atoms with E-state index in [9.17, 15) is 4.79 Å². The molecule has 0 spiro atoms. The van der Waals surface area contributed by atoms with E-state index in [4.69, 9.17) is 14.5 Å². The highest BCUT2D eigenvalue weighted by atomic mass is 16.5. The third kappa shape index (κ3) is 3.01. The zero-order chi connectivity index (χ0) is 19.7. The van der Waals surface area contributed by atoms with Gasteiger partial charge in [0.05, 0.1) is 35.9 Å². The zero-order valence-electron chi connectivity index (χ0n) is 16.2. The average molecular weight is 377 g/mol. The van der Waals surface area contributed by atoms with Crippen molar-refractivity contribution in [3.05, 3.63) is 65.4 Å². The van der Waals surface area contributed by atoms with Crippen LogP contribution in [0.1, 0.15) is 32.4 Å². The minimum atomic E-state index is -0.358. The van der Waals surface area contributed by atoms with Crippen molar-refractivity contribution in [1.29, 1.82) is 0 Å². The molecule has 0 aliphatic carbocycles. The molecule has 6 heteroatoms. The predicted octanol–water partition coefficient (Wildman–Crippen LogP) is 4.29. The molecule has 6 nitrogen and oxygen atoms in total. The van der Waals surface area contributed by atoms with Gasteiger partial charge >= 0.3 is 5.97 Å². The van der Waals surface area contributed by atoms with Crippen molar-refractivity contribution in [3.8, 4) is 5.75 Å². The largest absolute Gasteiger partial charge is 0.494 e. The molecule has 0 bridgehead atoms. The second kappa shape index (κ2) is 7.38. The summed E-state index contributed by atoms with van der Waals surface area (Å²) in [4.78, 5) is 17.6. The Bertz CT molecular complexity index is 1070. The van der Waals surface area contributed by atoms with Gasteiger partial charge in [0, 0.05) is 5.70 Å². The van der Waals surface area contributed by atoms with Crippen LogP contribution < -0.4 is 10.1 Å². The Morgan fingerprint density at radius 2 is 1.96 bits per heavy atom. The van der Waals surface area contributed by atoms with E-state index < -0.39 is 0 Å². The first-order valence-electron chi connectivity index (χ1n) is 9.48. The molecule has 144 valence electrons. The van der Waals surface area contributed by atoms with Gasteiger partial charge in [-0.1, -0.05) is 24.3 Å². The van der Waals surface area contributed by atoms with Gasteiger partial charge in [-0.2, -0.15) is 0 Å². The molecule has 2 aromatic carbocycles. The van der Waals surface area contributed by atoms with Crippen LogP contribution in [0.3, 0.4) is 0 Å². The number of rotatable bonds is 5. The van der Waals surface area contributed by atoms with Crippen molar-refractivity contribution in [2.75, 3.05) is 18.5 Å². The first kappa shape index (κ1) is 18.1. The molecule has 0 fully saturated rings. The lowest BCUT2D eigenvalue weighted by atomic mass is 9.95. The van der Waals surface area contributed by atoms with E-state index in [0.29, 0.717) is 24.7 Å². The Labute approximate surface area is 163 Å². The smallest absolute Gasteiger partial charge is 0.338 e. The van der Waals surface area contributed by atoms with Crippen molar-refractivity contribution >= 4 is 23.0 Å². The highest BCUT2D eigenvalue weighted by Gasteiger charge is 2.35. The maximum absolute atomic E-state index is 12.9. The van der Waals surface area contributed by atoms with E-state index in [-0.39, 0.29) is 12.0 Å². The number of para-hydroxylation sites is 2. The number of nitrogens with one attached hydrogen (secondary N) is 1. The van der Waals surface area contributed by atoms with Crippen molar-refractivity contribution in [2.24, 2.45) is 0 Å². The summed E-state index contributed by atoms with van der Waals surface area (Å²) in [5.41, 5.74) is 4.08. The molecule has 1 aromatic heterocycles. The third-order valence-electron chi connectivity index (χ3n) is 4.81. The summed E-state index contributed by atoms with van der Waals surface area (Å²) in [6.45, 7) is 6.54. The maximum Gasteiger partial charge on any atom is 0.338 e. The standard InChI is InChI=1S/C22H23N3O3/c1-4-27-16-10-8-9-15(13-16)20-19(21(26)28-5-2)14(3)23-22-24-17-11-6-7-12-18(17)25(20)22/h6-13,20H,4-5H2,1-3H3,(H,23,24)/t20-/m1/s1. The third-order valence-corrected chi connectivity index (χ3v) is 4.81. The van der Waals surface area contributed by atoms with E-state index >= 15 is 0 Å². The maximum atomic E-state index is 12.9. The van der Waals surface area contributed by atoms with Crippen LogP contribution in [-0.2, 0) is 9.53 Å². The SMILES string of the molecule is CCOC(=O)C1=C(C)Nc2nc3ccccc3n2[C@@H]1c1cccc(OCC)c1. The number of esters is 1. The molecule has 0 saturated carbocycles. The summed E-state index contributed by atoms with van der Waals surface area (Å²) in [6, 6.07) is 15.4. The lowest BCUT2D eigenvalue weighted by Crippen LogP contribution is -2.29. The number of hydrogen-bond donors (Lipinski definition) is 1. The van der Waals surface area contributed by atoms with Crippen LogP contribution in [-0.4, -0.2) is 28.7 Å². The lowest BCUT2D eigenvalue weighted by molar-refractivity contribution is -0.139. The van der Waals surface area contributed by atoms with Crippen molar-refractivity contribution in [3.63, 3.8) is 0 Å². The number of fused-ring (bicyclic) bond motifs is 3. The highest BCUT2D eigenvalue weighted by Crippen LogP contribution is 2.40. The molecule has 3 aromatic rings. The summed E-state index contributed by atoms with van der Waals surface area (Å²) >= 11 is 0. The van der Waals surface area contributed by atoms with E-state index in [1.165, 1.54) is 0 Å². The van der Waals surface area contributed by atoms with Gasteiger partial charge < -0.3 is 14.8 Å². The van der Waals surface area contributed by atoms with Gasteiger partial charge in [-0.15, -0.1) is 0 Å².